The Balaban J connectivity index is 1.82. The summed E-state index contributed by atoms with van der Waals surface area (Å²) < 4.78 is 30.4. The van der Waals surface area contributed by atoms with Crippen molar-refractivity contribution in [2.75, 3.05) is 10.8 Å². The number of nitrogens with one attached hydrogen (secondary N) is 1. The molecule has 10 heteroatoms. The third-order valence-corrected chi connectivity index (χ3v) is 9.82. The summed E-state index contributed by atoms with van der Waals surface area (Å²) in [4.78, 5) is 29.9. The molecule has 0 aliphatic rings. The summed E-state index contributed by atoms with van der Waals surface area (Å²) in [6.45, 7) is 6.89. The standard InChI is InChI=1S/C35H37BrClN3O4S/c1-24(2)38-35(42)33(21-27-8-6-5-7-9-27)39(22-28-12-14-29(36)15-13-28)34(41)23-40(32-19-16-30(37)20-26(32)4)45(43,44)31-17-10-25(3)11-18-31/h5-20,24,33H,21-23H2,1-4H3,(H,38,42). The number of anilines is 1. The van der Waals surface area contributed by atoms with E-state index in [9.17, 15) is 18.0 Å². The van der Waals surface area contributed by atoms with Gasteiger partial charge in [-0.1, -0.05) is 87.7 Å². The lowest BCUT2D eigenvalue weighted by atomic mass is 10.0. The van der Waals surface area contributed by atoms with E-state index in [2.05, 4.69) is 21.2 Å². The number of carbonyl (C=O) groups is 2. The van der Waals surface area contributed by atoms with Gasteiger partial charge in [-0.25, -0.2) is 8.42 Å². The predicted molar refractivity (Wildman–Crippen MR) is 184 cm³/mol. The fraction of sp³-hybridized carbons (Fsp3) is 0.257. The number of halogens is 2. The first-order valence-corrected chi connectivity index (χ1v) is 17.2. The molecule has 0 radical (unpaired) electrons. The number of carbonyl (C=O) groups excluding carboxylic acids is 2. The van der Waals surface area contributed by atoms with Crippen LogP contribution in [0.1, 0.15) is 36.1 Å². The van der Waals surface area contributed by atoms with Crippen molar-refractivity contribution in [2.24, 2.45) is 0 Å². The maximum atomic E-state index is 14.5. The zero-order valence-corrected chi connectivity index (χ0v) is 28.9. The van der Waals surface area contributed by atoms with Gasteiger partial charge in [0.25, 0.3) is 10.0 Å². The zero-order chi connectivity index (χ0) is 32.7. The highest BCUT2D eigenvalue weighted by Crippen LogP contribution is 2.30. The lowest BCUT2D eigenvalue weighted by Gasteiger charge is -2.34. The predicted octanol–water partition coefficient (Wildman–Crippen LogP) is 7.08. The molecule has 1 atom stereocenters. The number of amides is 2. The highest BCUT2D eigenvalue weighted by molar-refractivity contribution is 9.10. The van der Waals surface area contributed by atoms with Crippen molar-refractivity contribution in [3.63, 3.8) is 0 Å². The number of rotatable bonds is 12. The van der Waals surface area contributed by atoms with E-state index in [4.69, 9.17) is 11.6 Å². The van der Waals surface area contributed by atoms with Crippen LogP contribution in [0.2, 0.25) is 5.02 Å². The van der Waals surface area contributed by atoms with Crippen LogP contribution in [-0.2, 0) is 32.6 Å². The van der Waals surface area contributed by atoms with Crippen LogP contribution < -0.4 is 9.62 Å². The van der Waals surface area contributed by atoms with E-state index in [0.29, 0.717) is 16.3 Å². The Morgan fingerprint density at radius 2 is 1.51 bits per heavy atom. The topological polar surface area (TPSA) is 86.8 Å². The molecular weight excluding hydrogens is 674 g/mol. The van der Waals surface area contributed by atoms with Gasteiger partial charge in [0.15, 0.2) is 0 Å². The highest BCUT2D eigenvalue weighted by atomic mass is 79.9. The average molecular weight is 711 g/mol. The van der Waals surface area contributed by atoms with E-state index < -0.39 is 28.5 Å². The lowest BCUT2D eigenvalue weighted by Crippen LogP contribution is -2.54. The van der Waals surface area contributed by atoms with Crippen molar-refractivity contribution in [3.05, 3.63) is 129 Å². The first-order chi connectivity index (χ1) is 21.3. The fourth-order valence-electron chi connectivity index (χ4n) is 4.97. The van der Waals surface area contributed by atoms with Crippen LogP contribution in [0.15, 0.2) is 106 Å². The number of nitrogens with zero attached hydrogens (tertiary/aromatic N) is 2. The van der Waals surface area contributed by atoms with Crippen molar-refractivity contribution >= 4 is 55.1 Å². The molecule has 4 aromatic rings. The van der Waals surface area contributed by atoms with Crippen LogP contribution in [0, 0.1) is 13.8 Å². The summed E-state index contributed by atoms with van der Waals surface area (Å²) in [6.07, 6.45) is 0.242. The van der Waals surface area contributed by atoms with Gasteiger partial charge in [0, 0.05) is 28.5 Å². The third kappa shape index (κ3) is 8.96. The van der Waals surface area contributed by atoms with E-state index in [0.717, 1.165) is 25.5 Å². The van der Waals surface area contributed by atoms with Crippen LogP contribution >= 0.6 is 27.5 Å². The second kappa shape index (κ2) is 15.1. The largest absolute Gasteiger partial charge is 0.352 e. The Morgan fingerprint density at radius 1 is 0.867 bits per heavy atom. The summed E-state index contributed by atoms with van der Waals surface area (Å²) in [5, 5.41) is 3.41. The molecule has 0 fully saturated rings. The van der Waals surface area contributed by atoms with Crippen LogP contribution in [0.25, 0.3) is 0 Å². The monoisotopic (exact) mass is 709 g/mol. The number of sulfonamides is 1. The normalized spacial score (nSPS) is 12.1. The van der Waals surface area contributed by atoms with Crippen molar-refractivity contribution in [1.29, 1.82) is 0 Å². The molecule has 236 valence electrons. The number of hydrogen-bond acceptors (Lipinski definition) is 4. The molecule has 7 nitrogen and oxygen atoms in total. The molecule has 0 saturated heterocycles. The Labute approximate surface area is 279 Å². The molecule has 1 unspecified atom stereocenters. The van der Waals surface area contributed by atoms with Gasteiger partial charge >= 0.3 is 0 Å². The SMILES string of the molecule is Cc1ccc(S(=O)(=O)N(CC(=O)N(Cc2ccc(Br)cc2)C(Cc2ccccc2)C(=O)NC(C)C)c2ccc(Cl)cc2C)cc1. The quantitative estimate of drug-likeness (QED) is 0.170. The molecular formula is C35H37BrClN3O4S. The minimum atomic E-state index is -4.20. The Bertz CT molecular complexity index is 1730. The van der Waals surface area contributed by atoms with Gasteiger partial charge in [0.05, 0.1) is 10.6 Å². The van der Waals surface area contributed by atoms with E-state index in [1.54, 1.807) is 37.3 Å². The molecule has 4 aromatic carbocycles. The first kappa shape index (κ1) is 34.2. The van der Waals surface area contributed by atoms with Gasteiger partial charge < -0.3 is 10.2 Å². The molecule has 0 aromatic heterocycles. The molecule has 2 amide bonds. The van der Waals surface area contributed by atoms with Gasteiger partial charge in [-0.3, -0.25) is 13.9 Å². The lowest BCUT2D eigenvalue weighted by molar-refractivity contribution is -0.140. The van der Waals surface area contributed by atoms with Crippen LogP contribution in [-0.4, -0.2) is 43.8 Å². The third-order valence-electron chi connectivity index (χ3n) is 7.28. The first-order valence-electron chi connectivity index (χ1n) is 14.6. The van der Waals surface area contributed by atoms with Crippen LogP contribution in [0.3, 0.4) is 0 Å². The van der Waals surface area contributed by atoms with Crippen molar-refractivity contribution in [2.45, 2.75) is 57.6 Å². The Morgan fingerprint density at radius 3 is 2.11 bits per heavy atom. The molecule has 0 aliphatic carbocycles. The summed E-state index contributed by atoms with van der Waals surface area (Å²) >= 11 is 9.69. The van der Waals surface area contributed by atoms with Gasteiger partial charge in [-0.05, 0) is 86.8 Å². The van der Waals surface area contributed by atoms with E-state index in [-0.39, 0.29) is 29.8 Å². The maximum Gasteiger partial charge on any atom is 0.264 e. The highest BCUT2D eigenvalue weighted by Gasteiger charge is 2.35. The van der Waals surface area contributed by atoms with Gasteiger partial charge in [-0.15, -0.1) is 0 Å². The van der Waals surface area contributed by atoms with E-state index in [1.165, 1.54) is 17.0 Å². The molecule has 0 heterocycles. The molecule has 0 spiro atoms. The molecule has 0 aliphatic heterocycles. The van der Waals surface area contributed by atoms with Gasteiger partial charge in [-0.2, -0.15) is 0 Å². The van der Waals surface area contributed by atoms with Crippen LogP contribution in [0.5, 0.6) is 0 Å². The van der Waals surface area contributed by atoms with Gasteiger partial charge in [0.1, 0.15) is 12.6 Å². The smallest absolute Gasteiger partial charge is 0.264 e. The molecule has 0 bridgehead atoms. The fourth-order valence-corrected chi connectivity index (χ4v) is 6.94. The number of aryl methyl sites for hydroxylation is 2. The zero-order valence-electron chi connectivity index (χ0n) is 25.7. The minimum absolute atomic E-state index is 0.0492. The van der Waals surface area contributed by atoms with E-state index in [1.807, 2.05) is 75.4 Å². The average Bonchev–Trinajstić information content (AvgIpc) is 2.99. The second-order valence-corrected chi connectivity index (χ2v) is 14.5. The number of hydrogen-bond donors (Lipinski definition) is 1. The molecule has 0 saturated carbocycles. The molecule has 4 rings (SSSR count). The minimum Gasteiger partial charge on any atom is -0.352 e. The van der Waals surface area contributed by atoms with Crippen molar-refractivity contribution in [3.8, 4) is 0 Å². The Kier molecular flexibility index (Phi) is 11.5. The summed E-state index contributed by atoms with van der Waals surface area (Å²) in [7, 11) is -4.20. The molecule has 45 heavy (non-hydrogen) atoms. The maximum absolute atomic E-state index is 14.5. The van der Waals surface area contributed by atoms with Crippen LogP contribution in [0.4, 0.5) is 5.69 Å². The van der Waals surface area contributed by atoms with Crippen molar-refractivity contribution < 1.29 is 18.0 Å². The number of benzene rings is 4. The molecule has 1 N–H and O–H groups in total. The summed E-state index contributed by atoms with van der Waals surface area (Å²) in [5.74, 6) is -0.849. The van der Waals surface area contributed by atoms with Crippen molar-refractivity contribution in [1.82, 2.24) is 10.2 Å². The summed E-state index contributed by atoms with van der Waals surface area (Å²) in [6, 6.07) is 27.2. The summed E-state index contributed by atoms with van der Waals surface area (Å²) in [5.41, 5.74) is 3.47. The van der Waals surface area contributed by atoms with E-state index >= 15 is 0 Å². The Hall–Kier alpha value is -3.66. The van der Waals surface area contributed by atoms with Gasteiger partial charge in [0.2, 0.25) is 11.8 Å². The second-order valence-electron chi connectivity index (χ2n) is 11.3.